The van der Waals surface area contributed by atoms with Crippen LogP contribution in [0, 0.1) is 11.3 Å². The van der Waals surface area contributed by atoms with E-state index >= 15 is 0 Å². The van der Waals surface area contributed by atoms with E-state index in [1.807, 2.05) is 49.5 Å². The van der Waals surface area contributed by atoms with Gasteiger partial charge in [0.2, 0.25) is 6.41 Å². The Bertz CT molecular complexity index is 893. The molecule has 6 nitrogen and oxygen atoms in total. The Morgan fingerprint density at radius 2 is 2.17 bits per heavy atom. The molecule has 0 radical (unpaired) electrons. The number of hydrogen-bond acceptors (Lipinski definition) is 4. The van der Waals surface area contributed by atoms with Crippen LogP contribution >= 0.6 is 0 Å². The number of carbonyl (C=O) groups is 1. The zero-order chi connectivity index (χ0) is 16.2. The van der Waals surface area contributed by atoms with Gasteiger partial charge < -0.3 is 10.2 Å². The first-order valence-electron chi connectivity index (χ1n) is 7.12. The number of rotatable bonds is 5. The molecule has 2 aromatic carbocycles. The van der Waals surface area contributed by atoms with E-state index in [0.717, 1.165) is 34.3 Å². The van der Waals surface area contributed by atoms with Gasteiger partial charge in [-0.2, -0.15) is 10.4 Å². The molecule has 1 aromatic heterocycles. The SMILES string of the molecule is CNc1ccccc1N(C=O)Cc1ccc2[nH]nc(C#N)c2c1. The minimum absolute atomic E-state index is 0.357. The van der Waals surface area contributed by atoms with Gasteiger partial charge in [-0.05, 0) is 29.8 Å². The van der Waals surface area contributed by atoms with Gasteiger partial charge in [0.05, 0.1) is 23.4 Å². The molecule has 1 heterocycles. The predicted molar refractivity (Wildman–Crippen MR) is 89.0 cm³/mol. The zero-order valence-corrected chi connectivity index (χ0v) is 12.6. The minimum atomic E-state index is 0.357. The molecule has 1 amide bonds. The Balaban J connectivity index is 1.96. The highest BCUT2D eigenvalue weighted by atomic mass is 16.1. The molecule has 2 N–H and O–H groups in total. The minimum Gasteiger partial charge on any atom is -0.386 e. The van der Waals surface area contributed by atoms with Gasteiger partial charge in [-0.25, -0.2) is 0 Å². The number of para-hydroxylation sites is 2. The van der Waals surface area contributed by atoms with Crippen molar-refractivity contribution in [2.75, 3.05) is 17.3 Å². The molecule has 0 spiro atoms. The summed E-state index contributed by atoms with van der Waals surface area (Å²) in [5.74, 6) is 0. The molecule has 3 rings (SSSR count). The van der Waals surface area contributed by atoms with Crippen molar-refractivity contribution < 1.29 is 4.79 Å². The number of nitriles is 1. The van der Waals surface area contributed by atoms with Gasteiger partial charge in [-0.1, -0.05) is 18.2 Å². The first-order valence-corrected chi connectivity index (χ1v) is 7.12. The topological polar surface area (TPSA) is 84.8 Å². The second-order valence-corrected chi connectivity index (χ2v) is 5.06. The number of nitrogens with zero attached hydrogens (tertiary/aromatic N) is 3. The van der Waals surface area contributed by atoms with Crippen molar-refractivity contribution in [3.05, 3.63) is 53.7 Å². The Kier molecular flexibility index (Phi) is 3.93. The fourth-order valence-corrected chi connectivity index (χ4v) is 2.56. The Morgan fingerprint density at radius 1 is 1.35 bits per heavy atom. The maximum atomic E-state index is 11.5. The largest absolute Gasteiger partial charge is 0.386 e. The van der Waals surface area contributed by atoms with Crippen LogP contribution in [0.2, 0.25) is 0 Å². The first-order chi connectivity index (χ1) is 11.3. The van der Waals surface area contributed by atoms with Crippen LogP contribution in [0.3, 0.4) is 0 Å². The van der Waals surface area contributed by atoms with Crippen LogP contribution < -0.4 is 10.2 Å². The van der Waals surface area contributed by atoms with E-state index in [-0.39, 0.29) is 0 Å². The number of carbonyl (C=O) groups excluding carboxylic acids is 1. The van der Waals surface area contributed by atoms with Crippen molar-refractivity contribution in [3.63, 3.8) is 0 Å². The fraction of sp³-hybridized carbons (Fsp3) is 0.118. The van der Waals surface area contributed by atoms with Gasteiger partial charge in [0.15, 0.2) is 5.69 Å². The summed E-state index contributed by atoms with van der Waals surface area (Å²) in [6, 6.07) is 15.3. The van der Waals surface area contributed by atoms with E-state index in [2.05, 4.69) is 21.6 Å². The molecule has 6 heteroatoms. The second kappa shape index (κ2) is 6.20. The van der Waals surface area contributed by atoms with Crippen molar-refractivity contribution in [1.29, 1.82) is 5.26 Å². The van der Waals surface area contributed by atoms with Crippen molar-refractivity contribution in [1.82, 2.24) is 10.2 Å². The van der Waals surface area contributed by atoms with Gasteiger partial charge >= 0.3 is 0 Å². The lowest BCUT2D eigenvalue weighted by Gasteiger charge is -2.20. The van der Waals surface area contributed by atoms with Gasteiger partial charge in [0, 0.05) is 12.4 Å². The molecule has 3 aromatic rings. The van der Waals surface area contributed by atoms with Crippen LogP contribution in [-0.2, 0) is 11.3 Å². The highest BCUT2D eigenvalue weighted by Crippen LogP contribution is 2.26. The first kappa shape index (κ1) is 14.6. The Morgan fingerprint density at radius 3 is 2.91 bits per heavy atom. The third-order valence-corrected chi connectivity index (χ3v) is 3.70. The van der Waals surface area contributed by atoms with Crippen LogP contribution in [0.15, 0.2) is 42.5 Å². The molecule has 0 unspecified atom stereocenters. The Labute approximate surface area is 133 Å². The standard InChI is InChI=1S/C17H15N5O/c1-19-15-4-2-3-5-17(15)22(11-23)10-12-6-7-14-13(8-12)16(9-18)21-20-14/h2-8,11,19H,10H2,1H3,(H,20,21). The maximum absolute atomic E-state index is 11.5. The van der Waals surface area contributed by atoms with Gasteiger partial charge in [0.25, 0.3) is 0 Å². The zero-order valence-electron chi connectivity index (χ0n) is 12.6. The number of fused-ring (bicyclic) bond motifs is 1. The van der Waals surface area contributed by atoms with E-state index in [0.29, 0.717) is 12.2 Å². The number of amides is 1. The molecule has 23 heavy (non-hydrogen) atoms. The van der Waals surface area contributed by atoms with E-state index in [1.54, 1.807) is 4.90 Å². The fourth-order valence-electron chi connectivity index (χ4n) is 2.56. The lowest BCUT2D eigenvalue weighted by atomic mass is 10.1. The van der Waals surface area contributed by atoms with Crippen LogP contribution in [0.25, 0.3) is 10.9 Å². The van der Waals surface area contributed by atoms with Crippen LogP contribution in [-0.4, -0.2) is 23.7 Å². The van der Waals surface area contributed by atoms with Crippen LogP contribution in [0.1, 0.15) is 11.3 Å². The predicted octanol–water partition coefficient (Wildman–Crippen LogP) is 2.64. The second-order valence-electron chi connectivity index (χ2n) is 5.06. The third kappa shape index (κ3) is 2.72. The average Bonchev–Trinajstić information content (AvgIpc) is 3.02. The summed E-state index contributed by atoms with van der Waals surface area (Å²) in [5.41, 5.74) is 3.77. The molecule has 0 saturated carbocycles. The van der Waals surface area contributed by atoms with E-state index < -0.39 is 0 Å². The molecular formula is C17H15N5O. The number of benzene rings is 2. The van der Waals surface area contributed by atoms with Crippen molar-refractivity contribution in [2.24, 2.45) is 0 Å². The number of aromatic amines is 1. The molecule has 0 atom stereocenters. The van der Waals surface area contributed by atoms with E-state index in [1.165, 1.54) is 0 Å². The van der Waals surface area contributed by atoms with Gasteiger partial charge in [0.1, 0.15) is 6.07 Å². The van der Waals surface area contributed by atoms with E-state index in [4.69, 9.17) is 5.26 Å². The molecule has 0 aliphatic heterocycles. The number of H-pyrrole nitrogens is 1. The summed E-state index contributed by atoms with van der Waals surface area (Å²) >= 11 is 0. The lowest BCUT2D eigenvalue weighted by molar-refractivity contribution is -0.107. The molecule has 0 aliphatic rings. The summed E-state index contributed by atoms with van der Waals surface area (Å²) < 4.78 is 0. The quantitative estimate of drug-likeness (QED) is 0.710. The summed E-state index contributed by atoms with van der Waals surface area (Å²) in [7, 11) is 1.82. The highest BCUT2D eigenvalue weighted by Gasteiger charge is 2.12. The summed E-state index contributed by atoms with van der Waals surface area (Å²) in [6.45, 7) is 0.411. The molecule has 114 valence electrons. The maximum Gasteiger partial charge on any atom is 0.214 e. The third-order valence-electron chi connectivity index (χ3n) is 3.70. The molecule has 0 saturated heterocycles. The molecule has 0 fully saturated rings. The number of hydrogen-bond donors (Lipinski definition) is 2. The number of aromatic nitrogens is 2. The normalized spacial score (nSPS) is 10.3. The van der Waals surface area contributed by atoms with Crippen LogP contribution in [0.5, 0.6) is 0 Å². The molecular weight excluding hydrogens is 290 g/mol. The van der Waals surface area contributed by atoms with Crippen LogP contribution in [0.4, 0.5) is 11.4 Å². The summed E-state index contributed by atoms with van der Waals surface area (Å²) in [5, 5.41) is 19.7. The van der Waals surface area contributed by atoms with Gasteiger partial charge in [-0.15, -0.1) is 0 Å². The van der Waals surface area contributed by atoms with E-state index in [9.17, 15) is 4.79 Å². The number of nitrogens with one attached hydrogen (secondary N) is 2. The summed E-state index contributed by atoms with van der Waals surface area (Å²) in [4.78, 5) is 13.2. The smallest absolute Gasteiger partial charge is 0.214 e. The van der Waals surface area contributed by atoms with Crippen molar-refractivity contribution in [3.8, 4) is 6.07 Å². The summed E-state index contributed by atoms with van der Waals surface area (Å²) in [6.07, 6.45) is 0.806. The Hall–Kier alpha value is -3.33. The van der Waals surface area contributed by atoms with Gasteiger partial charge in [-0.3, -0.25) is 9.89 Å². The lowest BCUT2D eigenvalue weighted by Crippen LogP contribution is -2.21. The average molecular weight is 305 g/mol. The molecule has 0 bridgehead atoms. The monoisotopic (exact) mass is 305 g/mol. The van der Waals surface area contributed by atoms with Crippen molar-refractivity contribution >= 4 is 28.7 Å². The highest BCUT2D eigenvalue weighted by molar-refractivity contribution is 5.86. The molecule has 0 aliphatic carbocycles. The van der Waals surface area contributed by atoms with Crippen molar-refractivity contribution in [2.45, 2.75) is 6.54 Å². The number of anilines is 2.